The molecule has 0 bridgehead atoms. The van der Waals surface area contributed by atoms with E-state index in [1.165, 1.54) is 12.1 Å². The van der Waals surface area contributed by atoms with E-state index in [0.717, 1.165) is 30.0 Å². The van der Waals surface area contributed by atoms with Gasteiger partial charge in [-0.15, -0.1) is 0 Å². The predicted octanol–water partition coefficient (Wildman–Crippen LogP) is 1.65. The molecule has 154 valence electrons. The SMILES string of the molecule is CS(=O)(=O)c1ccc(C(=O)OCC(=O)NCCc2ccc(F)cc2)cc1[N+](=O)[O-]. The zero-order chi connectivity index (χ0) is 21.6. The smallest absolute Gasteiger partial charge is 0.338 e. The molecule has 1 amide bonds. The summed E-state index contributed by atoms with van der Waals surface area (Å²) in [6.07, 6.45) is 1.25. The fourth-order valence-corrected chi connectivity index (χ4v) is 3.19. The second-order valence-electron chi connectivity index (χ2n) is 6.01. The van der Waals surface area contributed by atoms with Crippen molar-refractivity contribution >= 4 is 27.4 Å². The number of carbonyl (C=O) groups excluding carboxylic acids is 2. The molecule has 11 heteroatoms. The van der Waals surface area contributed by atoms with Crippen LogP contribution in [0.4, 0.5) is 10.1 Å². The van der Waals surface area contributed by atoms with Crippen LogP contribution in [0.25, 0.3) is 0 Å². The minimum absolute atomic E-state index is 0.233. The second kappa shape index (κ2) is 9.24. The van der Waals surface area contributed by atoms with Gasteiger partial charge in [-0.2, -0.15) is 0 Å². The minimum atomic E-state index is -3.86. The van der Waals surface area contributed by atoms with Gasteiger partial charge in [-0.1, -0.05) is 12.1 Å². The molecule has 0 aliphatic carbocycles. The van der Waals surface area contributed by atoms with Crippen molar-refractivity contribution in [1.29, 1.82) is 0 Å². The molecule has 0 heterocycles. The predicted molar refractivity (Wildman–Crippen MR) is 99.6 cm³/mol. The lowest BCUT2D eigenvalue weighted by Gasteiger charge is -2.08. The summed E-state index contributed by atoms with van der Waals surface area (Å²) >= 11 is 0. The standard InChI is InChI=1S/C18H17FN2O7S/c1-29(26,27)16-7-4-13(10-15(16)21(24)25)18(23)28-11-17(22)20-9-8-12-2-5-14(19)6-3-12/h2-7,10H,8-9,11H2,1H3,(H,20,22). The Bertz CT molecular complexity index is 1040. The summed E-state index contributed by atoms with van der Waals surface area (Å²) in [6, 6.07) is 8.54. The lowest BCUT2D eigenvalue weighted by molar-refractivity contribution is -0.387. The van der Waals surface area contributed by atoms with Gasteiger partial charge in [0.15, 0.2) is 16.4 Å². The van der Waals surface area contributed by atoms with Crippen LogP contribution < -0.4 is 5.32 Å². The van der Waals surface area contributed by atoms with E-state index in [0.29, 0.717) is 6.42 Å². The number of hydrogen-bond acceptors (Lipinski definition) is 7. The summed E-state index contributed by atoms with van der Waals surface area (Å²) in [5.74, 6) is -1.97. The van der Waals surface area contributed by atoms with E-state index in [1.54, 1.807) is 12.1 Å². The number of nitro groups is 1. The van der Waals surface area contributed by atoms with Gasteiger partial charge in [0.2, 0.25) is 0 Å². The second-order valence-corrected chi connectivity index (χ2v) is 8.00. The third kappa shape index (κ3) is 6.35. The van der Waals surface area contributed by atoms with Gasteiger partial charge in [-0.25, -0.2) is 17.6 Å². The Kier molecular flexibility index (Phi) is 6.99. The topological polar surface area (TPSA) is 133 Å². The van der Waals surface area contributed by atoms with Crippen molar-refractivity contribution in [2.45, 2.75) is 11.3 Å². The third-order valence-corrected chi connectivity index (χ3v) is 4.92. The molecule has 0 spiro atoms. The molecule has 0 radical (unpaired) electrons. The van der Waals surface area contributed by atoms with Gasteiger partial charge < -0.3 is 10.1 Å². The van der Waals surface area contributed by atoms with Crippen molar-refractivity contribution in [3.8, 4) is 0 Å². The summed E-state index contributed by atoms with van der Waals surface area (Å²) < 4.78 is 40.8. The van der Waals surface area contributed by atoms with Crippen molar-refractivity contribution in [2.24, 2.45) is 0 Å². The molecule has 2 rings (SSSR count). The van der Waals surface area contributed by atoms with Crippen LogP contribution in [0.2, 0.25) is 0 Å². The van der Waals surface area contributed by atoms with Crippen LogP contribution in [0.5, 0.6) is 0 Å². The molecule has 0 unspecified atom stereocenters. The van der Waals surface area contributed by atoms with Crippen LogP contribution in [-0.4, -0.2) is 44.6 Å². The Balaban J connectivity index is 1.91. The minimum Gasteiger partial charge on any atom is -0.452 e. The summed E-state index contributed by atoms with van der Waals surface area (Å²) in [5.41, 5.74) is -0.212. The van der Waals surface area contributed by atoms with E-state index in [-0.39, 0.29) is 17.9 Å². The summed E-state index contributed by atoms with van der Waals surface area (Å²) in [6.45, 7) is -0.388. The van der Waals surface area contributed by atoms with Gasteiger partial charge in [0.25, 0.3) is 11.6 Å². The third-order valence-electron chi connectivity index (χ3n) is 3.77. The molecule has 2 aromatic carbocycles. The Morgan fingerprint density at radius 3 is 2.41 bits per heavy atom. The van der Waals surface area contributed by atoms with Gasteiger partial charge in [-0.05, 0) is 36.2 Å². The number of esters is 1. The highest BCUT2D eigenvalue weighted by atomic mass is 32.2. The molecule has 1 N–H and O–H groups in total. The first-order valence-corrected chi connectivity index (χ1v) is 10.1. The van der Waals surface area contributed by atoms with Gasteiger partial charge in [-0.3, -0.25) is 14.9 Å². The fourth-order valence-electron chi connectivity index (χ4n) is 2.36. The first kappa shape index (κ1) is 22.0. The molecule has 9 nitrogen and oxygen atoms in total. The van der Waals surface area contributed by atoms with Crippen LogP contribution in [0.15, 0.2) is 47.4 Å². The molecule has 0 fully saturated rings. The number of sulfone groups is 1. The van der Waals surface area contributed by atoms with E-state index < -0.39 is 43.8 Å². The van der Waals surface area contributed by atoms with Crippen molar-refractivity contribution in [3.05, 3.63) is 69.5 Å². The van der Waals surface area contributed by atoms with Gasteiger partial charge >= 0.3 is 5.97 Å². The zero-order valence-electron chi connectivity index (χ0n) is 15.3. The van der Waals surface area contributed by atoms with Crippen LogP contribution in [0.1, 0.15) is 15.9 Å². The highest BCUT2D eigenvalue weighted by Crippen LogP contribution is 2.25. The monoisotopic (exact) mass is 424 g/mol. The Labute approximate surface area is 165 Å². The largest absolute Gasteiger partial charge is 0.452 e. The number of ether oxygens (including phenoxy) is 1. The van der Waals surface area contributed by atoms with Gasteiger partial charge in [0.1, 0.15) is 10.7 Å². The summed E-state index contributed by atoms with van der Waals surface area (Å²) in [7, 11) is -3.86. The van der Waals surface area contributed by atoms with Crippen molar-refractivity contribution in [2.75, 3.05) is 19.4 Å². The van der Waals surface area contributed by atoms with Crippen molar-refractivity contribution in [1.82, 2.24) is 5.32 Å². The number of nitrogens with one attached hydrogen (secondary N) is 1. The molecule has 0 saturated heterocycles. The lowest BCUT2D eigenvalue weighted by atomic mass is 10.1. The van der Waals surface area contributed by atoms with Crippen LogP contribution in [0, 0.1) is 15.9 Å². The maximum absolute atomic E-state index is 12.8. The number of halogens is 1. The highest BCUT2D eigenvalue weighted by molar-refractivity contribution is 7.90. The number of rotatable bonds is 8. The molecular weight excluding hydrogens is 407 g/mol. The van der Waals surface area contributed by atoms with E-state index in [1.807, 2.05) is 0 Å². The molecular formula is C18H17FN2O7S. The number of hydrogen-bond donors (Lipinski definition) is 1. The first-order chi connectivity index (χ1) is 13.6. The molecule has 0 aliphatic heterocycles. The maximum atomic E-state index is 12.8. The number of benzene rings is 2. The van der Waals surface area contributed by atoms with Crippen LogP contribution in [-0.2, 0) is 25.8 Å². The van der Waals surface area contributed by atoms with Crippen LogP contribution >= 0.6 is 0 Å². The molecule has 0 atom stereocenters. The van der Waals surface area contributed by atoms with E-state index in [4.69, 9.17) is 4.74 Å². The van der Waals surface area contributed by atoms with Crippen molar-refractivity contribution in [3.63, 3.8) is 0 Å². The number of amides is 1. The first-order valence-electron chi connectivity index (χ1n) is 8.24. The Hall–Kier alpha value is -3.34. The number of carbonyl (C=O) groups is 2. The number of nitrogens with zero attached hydrogens (tertiary/aromatic N) is 1. The molecule has 0 saturated carbocycles. The average Bonchev–Trinajstić information content (AvgIpc) is 2.66. The molecule has 2 aromatic rings. The maximum Gasteiger partial charge on any atom is 0.338 e. The zero-order valence-corrected chi connectivity index (χ0v) is 16.1. The lowest BCUT2D eigenvalue weighted by Crippen LogP contribution is -2.30. The van der Waals surface area contributed by atoms with E-state index in [9.17, 15) is 32.5 Å². The summed E-state index contributed by atoms with van der Waals surface area (Å²) in [5, 5.41) is 13.6. The van der Waals surface area contributed by atoms with Crippen LogP contribution in [0.3, 0.4) is 0 Å². The summed E-state index contributed by atoms with van der Waals surface area (Å²) in [4.78, 5) is 33.4. The quantitative estimate of drug-likeness (QED) is 0.387. The Morgan fingerprint density at radius 2 is 1.83 bits per heavy atom. The number of nitro benzene ring substituents is 1. The average molecular weight is 424 g/mol. The van der Waals surface area contributed by atoms with E-state index in [2.05, 4.69) is 5.32 Å². The van der Waals surface area contributed by atoms with Crippen molar-refractivity contribution < 1.29 is 32.1 Å². The Morgan fingerprint density at radius 1 is 1.17 bits per heavy atom. The molecule has 0 aromatic heterocycles. The highest BCUT2D eigenvalue weighted by Gasteiger charge is 2.24. The molecule has 0 aliphatic rings. The molecule has 29 heavy (non-hydrogen) atoms. The normalized spacial score (nSPS) is 11.0. The van der Waals surface area contributed by atoms with E-state index >= 15 is 0 Å². The van der Waals surface area contributed by atoms with Gasteiger partial charge in [0, 0.05) is 18.9 Å². The fraction of sp³-hybridized carbons (Fsp3) is 0.222. The van der Waals surface area contributed by atoms with Gasteiger partial charge in [0.05, 0.1) is 10.5 Å².